The minimum absolute atomic E-state index is 0.0478. The molecule has 2 N–H and O–H groups in total. The molecule has 56 heavy (non-hydrogen) atoms. The number of benzene rings is 3. The first-order chi connectivity index (χ1) is 26.9. The monoisotopic (exact) mass is 837 g/mol. The normalized spacial score (nSPS) is 23.8. The van der Waals surface area contributed by atoms with Crippen molar-refractivity contribution in [1.82, 2.24) is 4.90 Å². The van der Waals surface area contributed by atoms with Gasteiger partial charge < -0.3 is 19.2 Å². The number of hydrogen-bond acceptors (Lipinski definition) is 6. The number of carbonyl (C=O) groups is 2. The van der Waals surface area contributed by atoms with Crippen molar-refractivity contribution in [3.8, 4) is 5.75 Å². The van der Waals surface area contributed by atoms with Crippen molar-refractivity contribution in [3.05, 3.63) is 106 Å². The van der Waals surface area contributed by atoms with Crippen LogP contribution in [0.15, 0.2) is 100 Å². The van der Waals surface area contributed by atoms with Crippen molar-refractivity contribution in [2.75, 3.05) is 6.61 Å². The number of aromatic hydroxyl groups is 1. The maximum Gasteiger partial charge on any atom is 0.455 e. The molecule has 3 aromatic carbocycles. The fourth-order valence-corrected chi connectivity index (χ4v) is 15.3. The van der Waals surface area contributed by atoms with Gasteiger partial charge >= 0.3 is 7.12 Å². The summed E-state index contributed by atoms with van der Waals surface area (Å²) in [6, 6.07) is 26.6. The van der Waals surface area contributed by atoms with Crippen LogP contribution >= 0.6 is 15.9 Å². The number of halogens is 1. The Morgan fingerprint density at radius 3 is 2.23 bits per heavy atom. The van der Waals surface area contributed by atoms with Gasteiger partial charge in [0.1, 0.15) is 5.75 Å². The highest BCUT2D eigenvalue weighted by molar-refractivity contribution is 9.10. The molecule has 0 aromatic heterocycles. The number of phenols is 1. The fourth-order valence-electron chi connectivity index (χ4n) is 10.3. The highest BCUT2D eigenvalue weighted by Gasteiger charge is 2.59. The number of carbonyl (C=O) groups excluding carboxylic acids is 2. The second-order valence-corrected chi connectivity index (χ2v) is 22.6. The fraction of sp³-hybridized carbons (Fsp3) is 0.478. The van der Waals surface area contributed by atoms with E-state index in [9.17, 15) is 19.7 Å². The van der Waals surface area contributed by atoms with Gasteiger partial charge in [0, 0.05) is 16.1 Å². The lowest BCUT2D eigenvalue weighted by molar-refractivity contribution is -0.143. The van der Waals surface area contributed by atoms with E-state index in [2.05, 4.69) is 98.2 Å². The molecule has 10 heteroatoms. The quantitative estimate of drug-likeness (QED) is 0.108. The molecule has 2 saturated heterocycles. The molecule has 2 heterocycles. The third kappa shape index (κ3) is 8.06. The number of amides is 2. The maximum atomic E-state index is 14.6. The molecule has 2 amide bonds. The summed E-state index contributed by atoms with van der Waals surface area (Å²) in [7, 11) is -4.00. The topological polar surface area (TPSA) is 96.3 Å². The van der Waals surface area contributed by atoms with Crippen molar-refractivity contribution in [2.24, 2.45) is 17.8 Å². The van der Waals surface area contributed by atoms with Gasteiger partial charge in [-0.05, 0) is 95.5 Å². The Balaban J connectivity index is 1.30. The van der Waals surface area contributed by atoms with Gasteiger partial charge in [-0.15, -0.1) is 0 Å². The molecule has 4 aliphatic rings. The average molecular weight is 839 g/mol. The van der Waals surface area contributed by atoms with Gasteiger partial charge in [-0.25, -0.2) is 0 Å². The highest BCUT2D eigenvalue weighted by Crippen LogP contribution is 2.52. The largest absolute Gasteiger partial charge is 0.507 e. The van der Waals surface area contributed by atoms with E-state index in [-0.39, 0.29) is 40.9 Å². The molecule has 0 radical (unpaired) electrons. The minimum atomic E-state index is -2.95. The van der Waals surface area contributed by atoms with Crippen molar-refractivity contribution in [3.63, 3.8) is 0 Å². The molecular formula is C46H57BBrNO6Si. The van der Waals surface area contributed by atoms with Gasteiger partial charge in [0.15, 0.2) is 0 Å². The number of imide groups is 1. The number of nitrogens with zero attached hydrogens (tertiary/aromatic N) is 1. The molecule has 7 rings (SSSR count). The average Bonchev–Trinajstić information content (AvgIpc) is 3.44. The zero-order chi connectivity index (χ0) is 39.6. The number of phenolic OH excluding ortho intramolecular Hbond substituents is 1. The summed E-state index contributed by atoms with van der Waals surface area (Å²) in [4.78, 5) is 30.7. The van der Waals surface area contributed by atoms with Gasteiger partial charge in [-0.1, -0.05) is 142 Å². The van der Waals surface area contributed by atoms with Crippen LogP contribution in [0.3, 0.4) is 0 Å². The predicted molar refractivity (Wildman–Crippen MR) is 230 cm³/mol. The Morgan fingerprint density at radius 2 is 1.61 bits per heavy atom. The molecule has 3 aromatic rings. The van der Waals surface area contributed by atoms with Crippen LogP contribution in [0.5, 0.6) is 5.75 Å². The van der Waals surface area contributed by atoms with Crippen molar-refractivity contribution < 1.29 is 28.8 Å². The third-order valence-electron chi connectivity index (χ3n) is 12.8. The van der Waals surface area contributed by atoms with Crippen molar-refractivity contribution >= 4 is 59.6 Å². The molecule has 2 aliphatic carbocycles. The molecule has 0 bridgehead atoms. The molecule has 7 nitrogen and oxygen atoms in total. The molecule has 3 fully saturated rings. The van der Waals surface area contributed by atoms with E-state index < -0.39 is 33.4 Å². The number of likely N-dealkylation sites (tertiary alicyclic amines) is 1. The Labute approximate surface area is 343 Å². The molecule has 1 saturated carbocycles. The SMILES string of the molecule is CCC/C(=C\c1cc(Br)ccc1O)CC[C@H]1OB(O)C[C@H]2C1=C(CO[Si](c1ccccc1)(c1ccccc1)C(C)(C)C)C[C@H]1C(=O)N(C3CCCCC3)C(=O)[C@H]12. The first kappa shape index (κ1) is 40.9. The van der Waals surface area contributed by atoms with Crippen LogP contribution in [0.25, 0.3) is 6.08 Å². The molecule has 296 valence electrons. The second-order valence-electron chi connectivity index (χ2n) is 17.4. The van der Waals surface area contributed by atoms with Gasteiger partial charge in [0.25, 0.3) is 8.32 Å². The van der Waals surface area contributed by atoms with E-state index in [4.69, 9.17) is 9.08 Å². The lowest BCUT2D eigenvalue weighted by atomic mass is 9.58. The maximum absolute atomic E-state index is 14.6. The molecule has 0 spiro atoms. The second kappa shape index (κ2) is 17.3. The van der Waals surface area contributed by atoms with Crippen LogP contribution < -0.4 is 10.4 Å². The zero-order valence-electron chi connectivity index (χ0n) is 33.4. The summed E-state index contributed by atoms with van der Waals surface area (Å²) >= 11 is 3.55. The van der Waals surface area contributed by atoms with E-state index in [0.717, 1.165) is 66.1 Å². The first-order valence-electron chi connectivity index (χ1n) is 20.8. The van der Waals surface area contributed by atoms with Crippen LogP contribution in [-0.2, 0) is 18.7 Å². The van der Waals surface area contributed by atoms with E-state index >= 15 is 0 Å². The van der Waals surface area contributed by atoms with E-state index in [1.165, 1.54) is 15.9 Å². The Bertz CT molecular complexity index is 1900. The van der Waals surface area contributed by atoms with Crippen LogP contribution in [0.2, 0.25) is 11.4 Å². The van der Waals surface area contributed by atoms with Gasteiger partial charge in [-0.2, -0.15) is 0 Å². The van der Waals surface area contributed by atoms with Crippen molar-refractivity contribution in [1.29, 1.82) is 0 Å². The number of hydrogen-bond donors (Lipinski definition) is 2. The summed E-state index contributed by atoms with van der Waals surface area (Å²) in [6.07, 6.45) is 10.3. The standard InChI is InChI=1S/C46H57BBrNO6Si/c1-5-15-31(26-32-27-34(48)23-24-40(32)50)22-25-41-42-33(30-54-56(46(2,3)4,36-18-11-7-12-19-36)37-20-13-8-14-21-37)28-38-43(39(42)29-47(53)55-41)45(52)49(44(38)51)35-16-9-6-10-17-35/h7-8,11-14,18-21,23-24,26-27,35,38-39,41,43,50,53H,5-6,9-10,15-17,22,25,28-30H2,1-4H3/b31-26+/t38-,39+,41-,43-/m1/s1. The summed E-state index contributed by atoms with van der Waals surface area (Å²) in [6.45, 7) is 9.27. The van der Waals surface area contributed by atoms with Crippen LogP contribution in [0.4, 0.5) is 0 Å². The minimum Gasteiger partial charge on any atom is -0.507 e. The van der Waals surface area contributed by atoms with Crippen LogP contribution in [0, 0.1) is 17.8 Å². The molecular weight excluding hydrogens is 781 g/mol. The van der Waals surface area contributed by atoms with Crippen molar-refractivity contribution in [2.45, 2.75) is 115 Å². The summed E-state index contributed by atoms with van der Waals surface area (Å²) in [5, 5.41) is 24.2. The predicted octanol–water partition coefficient (Wildman–Crippen LogP) is 8.82. The highest BCUT2D eigenvalue weighted by atomic mass is 79.9. The zero-order valence-corrected chi connectivity index (χ0v) is 36.0. The number of allylic oxidation sites excluding steroid dienone is 1. The lowest BCUT2D eigenvalue weighted by Crippen LogP contribution is -2.66. The number of fused-ring (bicyclic) bond motifs is 3. The smallest absolute Gasteiger partial charge is 0.455 e. The Hall–Kier alpha value is -3.28. The first-order valence-corrected chi connectivity index (χ1v) is 23.5. The van der Waals surface area contributed by atoms with Gasteiger partial charge in [-0.3, -0.25) is 14.5 Å². The van der Waals surface area contributed by atoms with Gasteiger partial charge in [0.2, 0.25) is 11.8 Å². The van der Waals surface area contributed by atoms with E-state index in [0.29, 0.717) is 25.9 Å². The molecule has 2 aliphatic heterocycles. The summed E-state index contributed by atoms with van der Waals surface area (Å²) < 4.78 is 14.9. The van der Waals surface area contributed by atoms with Crippen LogP contribution in [0.1, 0.15) is 97.5 Å². The van der Waals surface area contributed by atoms with E-state index in [1.807, 2.05) is 24.3 Å². The van der Waals surface area contributed by atoms with Gasteiger partial charge in [0.05, 0.1) is 24.5 Å². The molecule has 0 unspecified atom stereocenters. The van der Waals surface area contributed by atoms with E-state index in [1.54, 1.807) is 11.0 Å². The Kier molecular flexibility index (Phi) is 12.6. The number of rotatable bonds is 12. The summed E-state index contributed by atoms with van der Waals surface area (Å²) in [5.74, 6) is -1.20. The molecule has 4 atom stereocenters. The van der Waals surface area contributed by atoms with Crippen LogP contribution in [-0.4, -0.2) is 61.0 Å². The lowest BCUT2D eigenvalue weighted by Gasteiger charge is -2.46. The Morgan fingerprint density at radius 1 is 0.946 bits per heavy atom. The third-order valence-corrected chi connectivity index (χ3v) is 18.3. The summed E-state index contributed by atoms with van der Waals surface area (Å²) in [5.41, 5.74) is 4.01.